The highest BCUT2D eigenvalue weighted by molar-refractivity contribution is 6.99. The Morgan fingerprint density at radius 1 is 0.949 bits per heavy atom. The molecule has 2 aliphatic heterocycles. The SMILES string of the molecule is Cc1cn([C@@H]2CCC[C@@]3(CCC[C@H](CO[Si](c4ccccc4)(c4ccccc4)C(C)(C)C)O3)O2)c(=O)[nH]c1=O. The van der Waals surface area contributed by atoms with Crippen molar-refractivity contribution in [2.75, 3.05) is 6.61 Å². The topological polar surface area (TPSA) is 82.6 Å². The molecule has 2 aromatic carbocycles. The molecular weight excluding hydrogens is 508 g/mol. The number of aromatic nitrogens is 2. The van der Waals surface area contributed by atoms with Crippen molar-refractivity contribution in [2.45, 2.75) is 89.4 Å². The Kier molecular flexibility index (Phi) is 7.83. The summed E-state index contributed by atoms with van der Waals surface area (Å²) in [7, 11) is -2.68. The van der Waals surface area contributed by atoms with Crippen LogP contribution in [0.3, 0.4) is 0 Å². The van der Waals surface area contributed by atoms with Crippen molar-refractivity contribution in [3.8, 4) is 0 Å². The molecule has 8 heteroatoms. The highest BCUT2D eigenvalue weighted by Gasteiger charge is 2.51. The first kappa shape index (κ1) is 27.8. The standard InChI is InChI=1S/C31H40N2O5Si/c1-23-21-33(29(35)32-28(23)34)27-18-12-20-31(38-27)19-11-13-24(37-31)22-36-39(30(2,3)4,25-14-7-5-8-15-25)26-16-9-6-10-17-26/h5-10,14-17,21,24,27H,11-13,18-20,22H2,1-4H3,(H,32,34,35)/t24-,27+,31-/m1/s1. The highest BCUT2D eigenvalue weighted by Crippen LogP contribution is 2.43. The second-order valence-electron chi connectivity index (χ2n) is 12.0. The molecule has 0 amide bonds. The van der Waals surface area contributed by atoms with E-state index in [0.717, 1.165) is 32.1 Å². The van der Waals surface area contributed by atoms with Gasteiger partial charge in [0.05, 0.1) is 12.7 Å². The lowest BCUT2D eigenvalue weighted by molar-refractivity contribution is -0.330. The van der Waals surface area contributed by atoms with Crippen molar-refractivity contribution in [3.05, 3.63) is 93.3 Å². The minimum absolute atomic E-state index is 0.113. The van der Waals surface area contributed by atoms with Gasteiger partial charge in [-0.2, -0.15) is 0 Å². The predicted octanol–water partition coefficient (Wildman–Crippen LogP) is 4.39. The molecule has 0 radical (unpaired) electrons. The van der Waals surface area contributed by atoms with Gasteiger partial charge in [-0.3, -0.25) is 14.3 Å². The quantitative estimate of drug-likeness (QED) is 0.462. The van der Waals surface area contributed by atoms with E-state index in [2.05, 4.69) is 86.4 Å². The second-order valence-corrected chi connectivity index (χ2v) is 16.3. The molecule has 39 heavy (non-hydrogen) atoms. The monoisotopic (exact) mass is 548 g/mol. The number of aromatic amines is 1. The number of nitrogens with one attached hydrogen (secondary N) is 1. The molecule has 2 saturated heterocycles. The van der Waals surface area contributed by atoms with E-state index in [9.17, 15) is 9.59 Å². The van der Waals surface area contributed by atoms with E-state index in [4.69, 9.17) is 13.9 Å². The summed E-state index contributed by atoms with van der Waals surface area (Å²) in [6.45, 7) is 9.01. The van der Waals surface area contributed by atoms with Crippen molar-refractivity contribution >= 4 is 18.7 Å². The van der Waals surface area contributed by atoms with Crippen molar-refractivity contribution in [3.63, 3.8) is 0 Å². The van der Waals surface area contributed by atoms with Crippen LogP contribution in [0, 0.1) is 6.92 Å². The lowest BCUT2D eigenvalue weighted by Crippen LogP contribution is -2.67. The van der Waals surface area contributed by atoms with Gasteiger partial charge in [0.2, 0.25) is 0 Å². The van der Waals surface area contributed by atoms with Gasteiger partial charge in [0, 0.05) is 24.6 Å². The summed E-state index contributed by atoms with van der Waals surface area (Å²) in [5, 5.41) is 2.38. The number of rotatable bonds is 6. The number of H-pyrrole nitrogens is 1. The molecule has 0 unspecified atom stereocenters. The third kappa shape index (κ3) is 5.48. The normalized spacial score (nSPS) is 24.1. The minimum atomic E-state index is -2.68. The van der Waals surface area contributed by atoms with Crippen LogP contribution in [0.1, 0.15) is 71.1 Å². The molecule has 208 valence electrons. The molecule has 1 spiro atoms. The van der Waals surface area contributed by atoms with E-state index in [1.807, 2.05) is 0 Å². The lowest BCUT2D eigenvalue weighted by Gasteiger charge is -2.47. The van der Waals surface area contributed by atoms with E-state index < -0.39 is 26.0 Å². The maximum absolute atomic E-state index is 12.6. The first-order chi connectivity index (χ1) is 18.6. The summed E-state index contributed by atoms with van der Waals surface area (Å²) < 4.78 is 21.9. The van der Waals surface area contributed by atoms with Crippen molar-refractivity contribution in [1.82, 2.24) is 9.55 Å². The van der Waals surface area contributed by atoms with Crippen LogP contribution in [0.4, 0.5) is 0 Å². The van der Waals surface area contributed by atoms with Crippen LogP contribution in [0.25, 0.3) is 0 Å². The van der Waals surface area contributed by atoms with Gasteiger partial charge >= 0.3 is 5.69 Å². The third-order valence-electron chi connectivity index (χ3n) is 8.18. The number of benzene rings is 2. The van der Waals surface area contributed by atoms with E-state index in [1.165, 1.54) is 14.9 Å². The minimum Gasteiger partial charge on any atom is -0.405 e. The Hall–Kier alpha value is -2.78. The molecule has 3 aromatic rings. The van der Waals surface area contributed by atoms with Gasteiger partial charge in [0.15, 0.2) is 5.79 Å². The molecule has 1 aromatic heterocycles. The average molecular weight is 549 g/mol. The highest BCUT2D eigenvalue weighted by atomic mass is 28.4. The maximum atomic E-state index is 12.6. The Morgan fingerprint density at radius 2 is 1.54 bits per heavy atom. The summed E-state index contributed by atoms with van der Waals surface area (Å²) >= 11 is 0. The maximum Gasteiger partial charge on any atom is 0.330 e. The fraction of sp³-hybridized carbons (Fsp3) is 0.484. The number of aryl methyl sites for hydroxylation is 1. The molecule has 3 heterocycles. The molecule has 0 saturated carbocycles. The average Bonchev–Trinajstić information content (AvgIpc) is 2.92. The van der Waals surface area contributed by atoms with Crippen LogP contribution in [0.5, 0.6) is 0 Å². The summed E-state index contributed by atoms with van der Waals surface area (Å²) in [5.41, 5.74) is -0.328. The Morgan fingerprint density at radius 3 is 2.13 bits per heavy atom. The van der Waals surface area contributed by atoms with Gasteiger partial charge in [0.25, 0.3) is 13.9 Å². The summed E-state index contributed by atoms with van der Waals surface area (Å²) in [5.74, 6) is -0.760. The van der Waals surface area contributed by atoms with E-state index >= 15 is 0 Å². The second kappa shape index (κ2) is 11.0. The van der Waals surface area contributed by atoms with Crippen LogP contribution in [0.15, 0.2) is 76.4 Å². The number of hydrogen-bond acceptors (Lipinski definition) is 5. The molecule has 7 nitrogen and oxygen atoms in total. The number of ether oxygens (including phenoxy) is 2. The molecule has 2 fully saturated rings. The van der Waals surface area contributed by atoms with Crippen LogP contribution >= 0.6 is 0 Å². The lowest BCUT2D eigenvalue weighted by atomic mass is 9.94. The molecule has 5 rings (SSSR count). The zero-order chi connectivity index (χ0) is 27.7. The van der Waals surface area contributed by atoms with Crippen molar-refractivity contribution in [2.24, 2.45) is 0 Å². The van der Waals surface area contributed by atoms with Gasteiger partial charge in [-0.05, 0) is 48.0 Å². The molecule has 3 atom stereocenters. The zero-order valence-electron chi connectivity index (χ0n) is 23.4. The van der Waals surface area contributed by atoms with Crippen LogP contribution in [0.2, 0.25) is 5.04 Å². The smallest absolute Gasteiger partial charge is 0.330 e. The third-order valence-corrected chi connectivity index (χ3v) is 13.2. The molecular formula is C31H40N2O5Si. The van der Waals surface area contributed by atoms with Crippen LogP contribution in [-0.4, -0.2) is 36.4 Å². The van der Waals surface area contributed by atoms with Gasteiger partial charge in [-0.25, -0.2) is 4.79 Å². The molecule has 0 aliphatic carbocycles. The van der Waals surface area contributed by atoms with Gasteiger partial charge < -0.3 is 13.9 Å². The summed E-state index contributed by atoms with van der Waals surface area (Å²) in [4.78, 5) is 26.9. The fourth-order valence-corrected chi connectivity index (χ4v) is 10.9. The largest absolute Gasteiger partial charge is 0.405 e. The van der Waals surface area contributed by atoms with E-state index in [1.54, 1.807) is 13.1 Å². The van der Waals surface area contributed by atoms with Crippen LogP contribution in [-0.2, 0) is 13.9 Å². The first-order valence-electron chi connectivity index (χ1n) is 14.1. The number of hydrogen-bond donors (Lipinski definition) is 1. The van der Waals surface area contributed by atoms with E-state index in [-0.39, 0.29) is 16.7 Å². The van der Waals surface area contributed by atoms with Crippen LogP contribution < -0.4 is 21.6 Å². The van der Waals surface area contributed by atoms with Crippen molar-refractivity contribution in [1.29, 1.82) is 0 Å². The Balaban J connectivity index is 1.40. The Bertz CT molecular complexity index is 1340. The van der Waals surface area contributed by atoms with Gasteiger partial charge in [-0.15, -0.1) is 0 Å². The molecule has 1 N–H and O–H groups in total. The summed E-state index contributed by atoms with van der Waals surface area (Å²) in [6.07, 6.45) is 5.97. The first-order valence-corrected chi connectivity index (χ1v) is 16.0. The Labute approximate surface area is 231 Å². The predicted molar refractivity (Wildman–Crippen MR) is 155 cm³/mol. The van der Waals surface area contributed by atoms with Gasteiger partial charge in [0.1, 0.15) is 6.23 Å². The number of nitrogens with zero attached hydrogens (tertiary/aromatic N) is 1. The molecule has 0 bridgehead atoms. The van der Waals surface area contributed by atoms with Gasteiger partial charge in [-0.1, -0.05) is 81.4 Å². The van der Waals surface area contributed by atoms with E-state index in [0.29, 0.717) is 18.6 Å². The molecule has 2 aliphatic rings. The fourth-order valence-electron chi connectivity index (χ4n) is 6.30. The van der Waals surface area contributed by atoms with Crippen molar-refractivity contribution < 1.29 is 13.9 Å². The zero-order valence-corrected chi connectivity index (χ0v) is 24.4. The summed E-state index contributed by atoms with van der Waals surface area (Å²) in [6, 6.07) is 21.3.